The first-order valence-corrected chi connectivity index (χ1v) is 8.85. The average Bonchev–Trinajstić information content (AvgIpc) is 3.17. The molecule has 9 heteroatoms. The van der Waals surface area contributed by atoms with Gasteiger partial charge >= 0.3 is 5.69 Å². The highest BCUT2D eigenvalue weighted by molar-refractivity contribution is 5.48. The van der Waals surface area contributed by atoms with Crippen LogP contribution in [0.3, 0.4) is 0 Å². The molecule has 0 amide bonds. The van der Waals surface area contributed by atoms with Crippen molar-refractivity contribution in [3.8, 4) is 23.4 Å². The molecular formula is C20H16FN5O3. The summed E-state index contributed by atoms with van der Waals surface area (Å²) in [7, 11) is 0. The molecule has 8 nitrogen and oxygen atoms in total. The number of nitrogens with zero attached hydrogens (tertiary/aromatic N) is 4. The molecule has 1 aliphatic heterocycles. The van der Waals surface area contributed by atoms with Crippen LogP contribution in [0.1, 0.15) is 16.8 Å². The van der Waals surface area contributed by atoms with Gasteiger partial charge in [-0.1, -0.05) is 0 Å². The van der Waals surface area contributed by atoms with Crippen molar-refractivity contribution in [1.29, 1.82) is 5.26 Å². The van der Waals surface area contributed by atoms with Gasteiger partial charge in [0.05, 0.1) is 5.56 Å². The van der Waals surface area contributed by atoms with E-state index in [1.165, 1.54) is 22.9 Å². The van der Waals surface area contributed by atoms with Crippen LogP contribution in [0.2, 0.25) is 0 Å². The number of rotatable bonds is 5. The van der Waals surface area contributed by atoms with Crippen LogP contribution in [0.5, 0.6) is 17.4 Å². The van der Waals surface area contributed by atoms with Gasteiger partial charge in [-0.15, -0.1) is 0 Å². The van der Waals surface area contributed by atoms with E-state index in [1.54, 1.807) is 25.1 Å². The Morgan fingerprint density at radius 3 is 3.00 bits per heavy atom. The van der Waals surface area contributed by atoms with Crippen LogP contribution in [-0.4, -0.2) is 21.1 Å². The average molecular weight is 393 g/mol. The Kier molecular flexibility index (Phi) is 4.83. The van der Waals surface area contributed by atoms with E-state index >= 15 is 0 Å². The van der Waals surface area contributed by atoms with Crippen molar-refractivity contribution in [2.24, 2.45) is 0 Å². The lowest BCUT2D eigenvalue weighted by Gasteiger charge is -2.12. The highest BCUT2D eigenvalue weighted by Gasteiger charge is 2.16. The Morgan fingerprint density at radius 2 is 2.21 bits per heavy atom. The van der Waals surface area contributed by atoms with Gasteiger partial charge < -0.3 is 14.8 Å². The van der Waals surface area contributed by atoms with Crippen molar-refractivity contribution in [3.63, 3.8) is 0 Å². The second kappa shape index (κ2) is 7.59. The molecule has 0 radical (unpaired) electrons. The molecule has 0 saturated carbocycles. The molecule has 1 aromatic carbocycles. The molecule has 0 atom stereocenters. The number of ether oxygens (including phenoxy) is 2. The summed E-state index contributed by atoms with van der Waals surface area (Å²) in [4.78, 5) is 19.9. The van der Waals surface area contributed by atoms with Gasteiger partial charge in [0.1, 0.15) is 24.2 Å². The van der Waals surface area contributed by atoms with Crippen LogP contribution in [0.4, 0.5) is 10.2 Å². The van der Waals surface area contributed by atoms with Gasteiger partial charge in [0.25, 0.3) is 0 Å². The van der Waals surface area contributed by atoms with Gasteiger partial charge in [0.15, 0.2) is 11.6 Å². The van der Waals surface area contributed by atoms with Gasteiger partial charge in [-0.2, -0.15) is 10.2 Å². The zero-order valence-corrected chi connectivity index (χ0v) is 15.5. The number of nitrogens with one attached hydrogen (secondary N) is 1. The fourth-order valence-electron chi connectivity index (χ4n) is 2.99. The molecule has 3 heterocycles. The van der Waals surface area contributed by atoms with Crippen LogP contribution in [0, 0.1) is 24.1 Å². The highest BCUT2D eigenvalue weighted by Crippen LogP contribution is 2.30. The summed E-state index contributed by atoms with van der Waals surface area (Å²) in [6.45, 7) is 2.92. The standard InChI is InChI=1S/C20H16FN5O3/c1-12-6-15(2-3-23-12)29-19-14(10-22)7-13(8-16(19)21)11-28-18-9-17-24-4-5-26(17)20(27)25-18/h2-3,6-9,24H,4-5,11H2,1H3. The fraction of sp³-hybridized carbons (Fsp3) is 0.200. The summed E-state index contributed by atoms with van der Waals surface area (Å²) in [5.74, 6) is 0.273. The molecule has 1 N–H and O–H groups in total. The van der Waals surface area contributed by atoms with Crippen LogP contribution < -0.4 is 20.5 Å². The van der Waals surface area contributed by atoms with E-state index in [2.05, 4.69) is 15.3 Å². The Balaban J connectivity index is 1.55. The van der Waals surface area contributed by atoms with Crippen LogP contribution in [0.15, 0.2) is 41.3 Å². The molecule has 29 heavy (non-hydrogen) atoms. The number of benzene rings is 1. The van der Waals surface area contributed by atoms with Crippen molar-refractivity contribution in [3.05, 3.63) is 69.7 Å². The molecule has 4 rings (SSSR count). The van der Waals surface area contributed by atoms with E-state index in [0.29, 0.717) is 35.9 Å². The summed E-state index contributed by atoms with van der Waals surface area (Å²) >= 11 is 0. The third kappa shape index (κ3) is 3.87. The zero-order chi connectivity index (χ0) is 20.4. The summed E-state index contributed by atoms with van der Waals surface area (Å²) in [6, 6.07) is 9.47. The Morgan fingerprint density at radius 1 is 1.34 bits per heavy atom. The Hall–Kier alpha value is -3.93. The summed E-state index contributed by atoms with van der Waals surface area (Å²) in [6.07, 6.45) is 1.54. The van der Waals surface area contributed by atoms with Crippen molar-refractivity contribution >= 4 is 5.82 Å². The van der Waals surface area contributed by atoms with Gasteiger partial charge in [0.2, 0.25) is 5.88 Å². The van der Waals surface area contributed by atoms with Crippen molar-refractivity contribution in [1.82, 2.24) is 14.5 Å². The lowest BCUT2D eigenvalue weighted by Crippen LogP contribution is -2.21. The van der Waals surface area contributed by atoms with E-state index < -0.39 is 11.5 Å². The third-order valence-corrected chi connectivity index (χ3v) is 4.33. The number of aryl methyl sites for hydroxylation is 1. The smallest absolute Gasteiger partial charge is 0.352 e. The van der Waals surface area contributed by atoms with Gasteiger partial charge in [-0.25, -0.2) is 9.18 Å². The maximum atomic E-state index is 14.6. The minimum absolute atomic E-state index is 0.0294. The van der Waals surface area contributed by atoms with Gasteiger partial charge in [-0.05, 0) is 30.7 Å². The predicted molar refractivity (Wildman–Crippen MR) is 101 cm³/mol. The normalized spacial score (nSPS) is 12.0. The number of halogens is 1. The first-order chi connectivity index (χ1) is 14.0. The number of anilines is 1. The number of hydrogen-bond acceptors (Lipinski definition) is 7. The largest absolute Gasteiger partial charge is 0.473 e. The molecule has 0 fully saturated rings. The number of pyridine rings is 1. The van der Waals surface area contributed by atoms with Crippen LogP contribution in [0.25, 0.3) is 0 Å². The van der Waals surface area contributed by atoms with E-state index in [1.807, 2.05) is 6.07 Å². The maximum Gasteiger partial charge on any atom is 0.352 e. The lowest BCUT2D eigenvalue weighted by atomic mass is 10.1. The van der Waals surface area contributed by atoms with E-state index in [9.17, 15) is 14.4 Å². The second-order valence-electron chi connectivity index (χ2n) is 6.43. The third-order valence-electron chi connectivity index (χ3n) is 4.33. The molecule has 0 spiro atoms. The number of nitriles is 1. The van der Waals surface area contributed by atoms with Crippen LogP contribution >= 0.6 is 0 Å². The fourth-order valence-corrected chi connectivity index (χ4v) is 2.99. The zero-order valence-electron chi connectivity index (χ0n) is 15.5. The summed E-state index contributed by atoms with van der Waals surface area (Å²) in [5.41, 5.74) is 0.732. The lowest BCUT2D eigenvalue weighted by molar-refractivity contribution is 0.290. The SMILES string of the molecule is Cc1cc(Oc2c(F)cc(COc3cc4n(c(=O)n3)CCN4)cc2C#N)ccn1. The minimum Gasteiger partial charge on any atom is -0.473 e. The van der Waals surface area contributed by atoms with Crippen molar-refractivity contribution in [2.45, 2.75) is 20.1 Å². The molecule has 146 valence electrons. The number of fused-ring (bicyclic) bond motifs is 1. The monoisotopic (exact) mass is 393 g/mol. The number of aromatic nitrogens is 3. The summed E-state index contributed by atoms with van der Waals surface area (Å²) in [5, 5.41) is 12.5. The highest BCUT2D eigenvalue weighted by atomic mass is 19.1. The minimum atomic E-state index is -0.694. The van der Waals surface area contributed by atoms with E-state index in [-0.39, 0.29) is 23.8 Å². The van der Waals surface area contributed by atoms with E-state index in [4.69, 9.17) is 9.47 Å². The quantitative estimate of drug-likeness (QED) is 0.711. The molecule has 0 bridgehead atoms. The predicted octanol–water partition coefficient (Wildman–Crippen LogP) is 2.75. The molecular weight excluding hydrogens is 377 g/mol. The molecule has 3 aromatic rings. The molecule has 0 aliphatic carbocycles. The molecule has 0 unspecified atom stereocenters. The van der Waals surface area contributed by atoms with E-state index in [0.717, 1.165) is 0 Å². The first-order valence-electron chi connectivity index (χ1n) is 8.85. The topological polar surface area (TPSA) is 102 Å². The number of hydrogen-bond donors (Lipinski definition) is 1. The summed E-state index contributed by atoms with van der Waals surface area (Å²) < 4.78 is 27.2. The van der Waals surface area contributed by atoms with Gasteiger partial charge in [0, 0.05) is 37.1 Å². The first kappa shape index (κ1) is 18.4. The van der Waals surface area contributed by atoms with Crippen LogP contribution in [-0.2, 0) is 13.2 Å². The molecule has 1 aliphatic rings. The molecule has 0 saturated heterocycles. The Bertz CT molecular complexity index is 1190. The van der Waals surface area contributed by atoms with Crippen molar-refractivity contribution < 1.29 is 13.9 Å². The van der Waals surface area contributed by atoms with Gasteiger partial charge in [-0.3, -0.25) is 9.55 Å². The van der Waals surface area contributed by atoms with Crippen molar-refractivity contribution in [2.75, 3.05) is 11.9 Å². The molecule has 2 aromatic heterocycles. The maximum absolute atomic E-state index is 14.6. The Labute approximate surface area is 165 Å². The second-order valence-corrected chi connectivity index (χ2v) is 6.43.